The van der Waals surface area contributed by atoms with Crippen LogP contribution in [0.25, 0.3) is 0 Å². The Bertz CT molecular complexity index is 196. The lowest BCUT2D eigenvalue weighted by molar-refractivity contribution is 0.174. The van der Waals surface area contributed by atoms with Crippen LogP contribution in [0, 0.1) is 16.7 Å². The molecule has 14 heavy (non-hydrogen) atoms. The molecule has 0 aromatic heterocycles. The van der Waals surface area contributed by atoms with Gasteiger partial charge < -0.3 is 5.32 Å². The van der Waals surface area contributed by atoms with Gasteiger partial charge in [-0.05, 0) is 55.4 Å². The van der Waals surface area contributed by atoms with Gasteiger partial charge in [0, 0.05) is 6.54 Å². The summed E-state index contributed by atoms with van der Waals surface area (Å²) in [5, 5.41) is 3.59. The molecule has 1 saturated heterocycles. The van der Waals surface area contributed by atoms with Crippen LogP contribution >= 0.6 is 0 Å². The van der Waals surface area contributed by atoms with E-state index in [1.807, 2.05) is 0 Å². The maximum absolute atomic E-state index is 3.59. The molecule has 2 unspecified atom stereocenters. The van der Waals surface area contributed by atoms with Gasteiger partial charge in [0.1, 0.15) is 0 Å². The lowest BCUT2D eigenvalue weighted by atomic mass is 9.74. The molecule has 0 bridgehead atoms. The predicted molar refractivity (Wildman–Crippen MR) is 61.3 cm³/mol. The summed E-state index contributed by atoms with van der Waals surface area (Å²) < 4.78 is 0. The Kier molecular flexibility index (Phi) is 2.63. The minimum absolute atomic E-state index is 0.529. The second-order valence-electron chi connectivity index (χ2n) is 6.59. The van der Waals surface area contributed by atoms with Crippen LogP contribution in [0.5, 0.6) is 0 Å². The van der Waals surface area contributed by atoms with E-state index in [9.17, 15) is 0 Å². The molecule has 1 aliphatic heterocycles. The average Bonchev–Trinajstić information content (AvgIpc) is 2.50. The fourth-order valence-electron chi connectivity index (χ4n) is 3.36. The van der Waals surface area contributed by atoms with Crippen molar-refractivity contribution in [3.63, 3.8) is 0 Å². The van der Waals surface area contributed by atoms with Gasteiger partial charge in [0.2, 0.25) is 0 Å². The molecular weight excluding hydrogens is 170 g/mol. The minimum atomic E-state index is 0.529. The normalized spacial score (nSPS) is 39.2. The first kappa shape index (κ1) is 10.5. The van der Waals surface area contributed by atoms with Crippen LogP contribution in [0.1, 0.15) is 52.9 Å². The van der Waals surface area contributed by atoms with Gasteiger partial charge in [0.05, 0.1) is 0 Å². The van der Waals surface area contributed by atoms with Crippen molar-refractivity contribution in [3.8, 4) is 0 Å². The van der Waals surface area contributed by atoms with Crippen LogP contribution in [-0.4, -0.2) is 13.1 Å². The third-order valence-electron chi connectivity index (χ3n) is 4.49. The van der Waals surface area contributed by atoms with E-state index in [1.165, 1.54) is 45.2 Å². The number of nitrogens with one attached hydrogen (secondary N) is 1. The van der Waals surface area contributed by atoms with E-state index in [0.717, 1.165) is 5.92 Å². The molecule has 1 spiro atoms. The molecule has 0 radical (unpaired) electrons. The molecule has 0 aromatic rings. The standard InChI is InChI=1S/C13H25N/c1-12(2,3)11-5-7-13(9-11)6-4-8-14-10-13/h11,14H,4-10H2,1-3H3. The van der Waals surface area contributed by atoms with E-state index >= 15 is 0 Å². The van der Waals surface area contributed by atoms with Gasteiger partial charge in [-0.1, -0.05) is 20.8 Å². The Balaban J connectivity index is 1.99. The number of hydrogen-bond donors (Lipinski definition) is 1. The predicted octanol–water partition coefficient (Wildman–Crippen LogP) is 3.20. The van der Waals surface area contributed by atoms with E-state index in [1.54, 1.807) is 0 Å². The van der Waals surface area contributed by atoms with Crippen molar-refractivity contribution in [2.24, 2.45) is 16.7 Å². The monoisotopic (exact) mass is 195 g/mol. The van der Waals surface area contributed by atoms with Crippen molar-refractivity contribution in [3.05, 3.63) is 0 Å². The van der Waals surface area contributed by atoms with Crippen molar-refractivity contribution < 1.29 is 0 Å². The van der Waals surface area contributed by atoms with Crippen molar-refractivity contribution >= 4 is 0 Å². The minimum Gasteiger partial charge on any atom is -0.316 e. The first-order valence-corrected chi connectivity index (χ1v) is 6.23. The molecule has 82 valence electrons. The summed E-state index contributed by atoms with van der Waals surface area (Å²) >= 11 is 0. The van der Waals surface area contributed by atoms with E-state index in [0.29, 0.717) is 10.8 Å². The third-order valence-corrected chi connectivity index (χ3v) is 4.49. The zero-order chi connectivity index (χ0) is 10.2. The molecule has 1 aliphatic carbocycles. The second kappa shape index (κ2) is 3.52. The van der Waals surface area contributed by atoms with Crippen LogP contribution in [-0.2, 0) is 0 Å². The molecule has 2 fully saturated rings. The highest BCUT2D eigenvalue weighted by molar-refractivity contribution is 4.95. The Morgan fingerprint density at radius 1 is 1.21 bits per heavy atom. The van der Waals surface area contributed by atoms with Crippen LogP contribution in [0.3, 0.4) is 0 Å². The van der Waals surface area contributed by atoms with Gasteiger partial charge in [0.15, 0.2) is 0 Å². The molecule has 0 amide bonds. The fraction of sp³-hybridized carbons (Fsp3) is 1.00. The van der Waals surface area contributed by atoms with Crippen molar-refractivity contribution in [2.75, 3.05) is 13.1 Å². The van der Waals surface area contributed by atoms with Gasteiger partial charge in [-0.25, -0.2) is 0 Å². The zero-order valence-corrected chi connectivity index (χ0v) is 10.0. The fourth-order valence-corrected chi connectivity index (χ4v) is 3.36. The summed E-state index contributed by atoms with van der Waals surface area (Å²) in [7, 11) is 0. The molecule has 1 nitrogen and oxygen atoms in total. The maximum atomic E-state index is 3.59. The van der Waals surface area contributed by atoms with Gasteiger partial charge >= 0.3 is 0 Å². The Hall–Kier alpha value is -0.0400. The van der Waals surface area contributed by atoms with Crippen molar-refractivity contribution in [1.82, 2.24) is 5.32 Å². The van der Waals surface area contributed by atoms with Crippen LogP contribution in [0.2, 0.25) is 0 Å². The zero-order valence-electron chi connectivity index (χ0n) is 10.0. The molecule has 1 heteroatoms. The van der Waals surface area contributed by atoms with E-state index < -0.39 is 0 Å². The van der Waals surface area contributed by atoms with E-state index in [-0.39, 0.29) is 0 Å². The van der Waals surface area contributed by atoms with Gasteiger partial charge in [-0.15, -0.1) is 0 Å². The van der Waals surface area contributed by atoms with Crippen molar-refractivity contribution in [2.45, 2.75) is 52.9 Å². The largest absolute Gasteiger partial charge is 0.316 e. The Labute approximate surface area is 88.7 Å². The highest BCUT2D eigenvalue weighted by Crippen LogP contribution is 2.51. The quantitative estimate of drug-likeness (QED) is 0.626. The number of piperidine rings is 1. The highest BCUT2D eigenvalue weighted by Gasteiger charge is 2.43. The average molecular weight is 195 g/mol. The first-order valence-electron chi connectivity index (χ1n) is 6.23. The summed E-state index contributed by atoms with van der Waals surface area (Å²) in [5.41, 5.74) is 1.22. The molecule has 1 N–H and O–H groups in total. The lowest BCUT2D eigenvalue weighted by Gasteiger charge is -2.36. The van der Waals surface area contributed by atoms with Crippen LogP contribution in [0.4, 0.5) is 0 Å². The lowest BCUT2D eigenvalue weighted by Crippen LogP contribution is -2.38. The number of hydrogen-bond acceptors (Lipinski definition) is 1. The summed E-state index contributed by atoms with van der Waals surface area (Å²) in [6.07, 6.45) is 7.29. The highest BCUT2D eigenvalue weighted by atomic mass is 14.9. The molecule has 1 heterocycles. The second-order valence-corrected chi connectivity index (χ2v) is 6.59. The van der Waals surface area contributed by atoms with Crippen molar-refractivity contribution in [1.29, 1.82) is 0 Å². The molecule has 0 aromatic carbocycles. The molecular formula is C13H25N. The topological polar surface area (TPSA) is 12.0 Å². The summed E-state index contributed by atoms with van der Waals surface area (Å²) in [6.45, 7) is 9.77. The van der Waals surface area contributed by atoms with Gasteiger partial charge in [0.25, 0.3) is 0 Å². The summed E-state index contributed by atoms with van der Waals surface area (Å²) in [5.74, 6) is 0.961. The van der Waals surface area contributed by atoms with Crippen LogP contribution < -0.4 is 5.32 Å². The SMILES string of the molecule is CC(C)(C)C1CCC2(CCCNC2)C1. The van der Waals surface area contributed by atoms with E-state index in [4.69, 9.17) is 0 Å². The summed E-state index contributed by atoms with van der Waals surface area (Å²) in [4.78, 5) is 0. The third kappa shape index (κ3) is 1.98. The maximum Gasteiger partial charge on any atom is 0.000792 e. The first-order chi connectivity index (χ1) is 6.52. The Morgan fingerprint density at radius 2 is 2.00 bits per heavy atom. The number of rotatable bonds is 0. The summed E-state index contributed by atoms with van der Waals surface area (Å²) in [6, 6.07) is 0. The smallest absolute Gasteiger partial charge is 0.000792 e. The Morgan fingerprint density at radius 3 is 2.50 bits per heavy atom. The van der Waals surface area contributed by atoms with Gasteiger partial charge in [-0.3, -0.25) is 0 Å². The van der Waals surface area contributed by atoms with E-state index in [2.05, 4.69) is 26.1 Å². The molecule has 1 saturated carbocycles. The molecule has 2 aliphatic rings. The van der Waals surface area contributed by atoms with Crippen LogP contribution in [0.15, 0.2) is 0 Å². The molecule has 2 atom stereocenters. The molecule has 2 rings (SSSR count). The van der Waals surface area contributed by atoms with Gasteiger partial charge in [-0.2, -0.15) is 0 Å².